The number of thiocarbonyl (C=S) groups is 1. The molecule has 2 aromatic rings. The minimum absolute atomic E-state index is 0.0343. The van der Waals surface area contributed by atoms with Crippen LogP contribution >= 0.6 is 35.2 Å². The maximum atomic E-state index is 12.4. The molecule has 1 aromatic heterocycles. The summed E-state index contributed by atoms with van der Waals surface area (Å²) in [5.41, 5.74) is 1.38. The predicted octanol–water partition coefficient (Wildman–Crippen LogP) is 4.59. The van der Waals surface area contributed by atoms with Crippen LogP contribution in [-0.2, 0) is 14.3 Å². The molecule has 0 aliphatic rings. The van der Waals surface area contributed by atoms with E-state index >= 15 is 0 Å². The van der Waals surface area contributed by atoms with E-state index in [2.05, 4.69) is 10.6 Å². The van der Waals surface area contributed by atoms with Gasteiger partial charge in [0.05, 0.1) is 18.8 Å². The summed E-state index contributed by atoms with van der Waals surface area (Å²) >= 11 is 12.0. The van der Waals surface area contributed by atoms with Gasteiger partial charge < -0.3 is 14.8 Å². The third-order valence-corrected chi connectivity index (χ3v) is 5.49. The number of ether oxygens (including phenoxy) is 2. The van der Waals surface area contributed by atoms with Crippen LogP contribution in [-0.4, -0.2) is 36.2 Å². The minimum atomic E-state index is -0.606. The molecule has 1 amide bonds. The number of esters is 2. The van der Waals surface area contributed by atoms with Gasteiger partial charge in [0.25, 0.3) is 0 Å². The average molecular weight is 481 g/mol. The number of benzene rings is 1. The first kappa shape index (κ1) is 24.5. The summed E-state index contributed by atoms with van der Waals surface area (Å²) in [6, 6.07) is 6.95. The summed E-state index contributed by atoms with van der Waals surface area (Å²) in [5.74, 6) is -1.63. The highest BCUT2D eigenvalue weighted by atomic mass is 35.5. The van der Waals surface area contributed by atoms with Gasteiger partial charge in [0.1, 0.15) is 9.88 Å². The average Bonchev–Trinajstić information content (AvgIpc) is 3.03. The number of anilines is 1. The van der Waals surface area contributed by atoms with Gasteiger partial charge in [-0.3, -0.25) is 10.1 Å². The van der Waals surface area contributed by atoms with Crippen LogP contribution in [0.1, 0.15) is 45.0 Å². The summed E-state index contributed by atoms with van der Waals surface area (Å²) in [5, 5.41) is 6.15. The lowest BCUT2D eigenvalue weighted by Gasteiger charge is -2.09. The summed E-state index contributed by atoms with van der Waals surface area (Å²) in [4.78, 5) is 37.0. The van der Waals surface area contributed by atoms with Crippen molar-refractivity contribution in [2.75, 3.05) is 18.5 Å². The molecule has 0 aliphatic carbocycles. The summed E-state index contributed by atoms with van der Waals surface area (Å²) in [7, 11) is 0. The van der Waals surface area contributed by atoms with Crippen molar-refractivity contribution in [2.45, 2.75) is 20.8 Å². The van der Waals surface area contributed by atoms with Crippen LogP contribution in [0.2, 0.25) is 5.02 Å². The second-order valence-electron chi connectivity index (χ2n) is 6.03. The topological polar surface area (TPSA) is 93.7 Å². The highest BCUT2D eigenvalue weighted by Gasteiger charge is 2.27. The second-order valence-corrected chi connectivity index (χ2v) is 7.89. The highest BCUT2D eigenvalue weighted by Crippen LogP contribution is 2.34. The van der Waals surface area contributed by atoms with Crippen LogP contribution in [0.15, 0.2) is 30.3 Å². The first-order valence-electron chi connectivity index (χ1n) is 9.30. The molecule has 0 fully saturated rings. The number of hydrogen-bond acceptors (Lipinski definition) is 7. The molecule has 1 aromatic carbocycles. The van der Waals surface area contributed by atoms with E-state index in [1.165, 1.54) is 6.08 Å². The molecule has 0 aliphatic heterocycles. The Kier molecular flexibility index (Phi) is 9.17. The fraction of sp³-hybridized carbons (Fsp3) is 0.238. The van der Waals surface area contributed by atoms with Crippen molar-refractivity contribution in [1.29, 1.82) is 0 Å². The zero-order chi connectivity index (χ0) is 23.0. The number of nitrogens with one attached hydrogen (secondary N) is 2. The standard InChI is InChI=1S/C21H21ClN2O5S2/c1-4-28-19(26)16-12(3)17(20(27)29-5-2)31-18(16)24-21(30)23-15(25)11-8-13-6-9-14(22)10-7-13/h6-11H,4-5H2,1-3H3,(H2,23,24,25,30). The number of carbonyl (C=O) groups excluding carboxylic acids is 3. The van der Waals surface area contributed by atoms with Crippen molar-refractivity contribution in [3.05, 3.63) is 56.9 Å². The van der Waals surface area contributed by atoms with Crippen LogP contribution in [0.4, 0.5) is 5.00 Å². The molecule has 1 heterocycles. The van der Waals surface area contributed by atoms with Gasteiger partial charge in [-0.2, -0.15) is 0 Å². The Balaban J connectivity index is 2.15. The first-order valence-corrected chi connectivity index (χ1v) is 10.9. The fourth-order valence-electron chi connectivity index (χ4n) is 2.48. The lowest BCUT2D eigenvalue weighted by atomic mass is 10.1. The van der Waals surface area contributed by atoms with Crippen molar-refractivity contribution in [3.63, 3.8) is 0 Å². The monoisotopic (exact) mass is 480 g/mol. The van der Waals surface area contributed by atoms with Crippen molar-refractivity contribution in [2.24, 2.45) is 0 Å². The zero-order valence-electron chi connectivity index (χ0n) is 17.1. The molecule has 0 spiro atoms. The quantitative estimate of drug-likeness (QED) is 0.340. The van der Waals surface area contributed by atoms with Crippen LogP contribution in [0.3, 0.4) is 0 Å². The van der Waals surface area contributed by atoms with Gasteiger partial charge in [-0.15, -0.1) is 11.3 Å². The van der Waals surface area contributed by atoms with Gasteiger partial charge in [0.15, 0.2) is 5.11 Å². The van der Waals surface area contributed by atoms with Crippen molar-refractivity contribution >= 4 is 69.2 Å². The van der Waals surface area contributed by atoms with E-state index in [-0.39, 0.29) is 33.8 Å². The van der Waals surface area contributed by atoms with Gasteiger partial charge in [-0.25, -0.2) is 9.59 Å². The second kappa shape index (κ2) is 11.6. The number of hydrogen-bond donors (Lipinski definition) is 2. The molecule has 31 heavy (non-hydrogen) atoms. The number of rotatable bonds is 7. The molecule has 0 bridgehead atoms. The van der Waals surface area contributed by atoms with Gasteiger partial charge in [-0.05, 0) is 62.3 Å². The van der Waals surface area contributed by atoms with E-state index in [0.29, 0.717) is 10.6 Å². The molecule has 0 unspecified atom stereocenters. The Labute approximate surface area is 194 Å². The van der Waals surface area contributed by atoms with E-state index in [0.717, 1.165) is 16.9 Å². The number of halogens is 1. The van der Waals surface area contributed by atoms with Crippen LogP contribution in [0, 0.1) is 6.92 Å². The van der Waals surface area contributed by atoms with Crippen molar-refractivity contribution in [3.8, 4) is 0 Å². The lowest BCUT2D eigenvalue weighted by Crippen LogP contribution is -2.33. The van der Waals surface area contributed by atoms with Gasteiger partial charge >= 0.3 is 11.9 Å². The van der Waals surface area contributed by atoms with Crippen LogP contribution < -0.4 is 10.6 Å². The normalized spacial score (nSPS) is 10.6. The molecular weight excluding hydrogens is 460 g/mol. The molecule has 164 valence electrons. The molecule has 2 rings (SSSR count). The van der Waals surface area contributed by atoms with Gasteiger partial charge in [0, 0.05) is 11.1 Å². The Hall–Kier alpha value is -2.75. The number of thiophene rings is 1. The summed E-state index contributed by atoms with van der Waals surface area (Å²) < 4.78 is 10.1. The predicted molar refractivity (Wildman–Crippen MR) is 126 cm³/mol. The Morgan fingerprint density at radius 3 is 2.32 bits per heavy atom. The molecule has 7 nitrogen and oxygen atoms in total. The molecule has 0 saturated carbocycles. The van der Waals surface area contributed by atoms with Crippen LogP contribution in [0.5, 0.6) is 0 Å². The third kappa shape index (κ3) is 6.88. The summed E-state index contributed by atoms with van der Waals surface area (Å²) in [6.45, 7) is 5.35. The third-order valence-electron chi connectivity index (χ3n) is 3.85. The van der Waals surface area contributed by atoms with E-state index in [9.17, 15) is 14.4 Å². The number of amides is 1. The van der Waals surface area contributed by atoms with E-state index in [1.54, 1.807) is 51.1 Å². The fourth-order valence-corrected chi connectivity index (χ4v) is 3.96. The Morgan fingerprint density at radius 2 is 1.71 bits per heavy atom. The lowest BCUT2D eigenvalue weighted by molar-refractivity contribution is -0.115. The molecule has 10 heteroatoms. The Morgan fingerprint density at radius 1 is 1.10 bits per heavy atom. The van der Waals surface area contributed by atoms with Gasteiger partial charge in [-0.1, -0.05) is 23.7 Å². The van der Waals surface area contributed by atoms with E-state index in [1.807, 2.05) is 0 Å². The minimum Gasteiger partial charge on any atom is -0.462 e. The molecular formula is C21H21ClN2O5S2. The largest absolute Gasteiger partial charge is 0.462 e. The highest BCUT2D eigenvalue weighted by molar-refractivity contribution is 7.80. The summed E-state index contributed by atoms with van der Waals surface area (Å²) in [6.07, 6.45) is 2.92. The SMILES string of the molecule is CCOC(=O)c1sc(NC(=S)NC(=O)C=Cc2ccc(Cl)cc2)c(C(=O)OCC)c1C. The van der Waals surface area contributed by atoms with Gasteiger partial charge in [0.2, 0.25) is 5.91 Å². The smallest absolute Gasteiger partial charge is 0.348 e. The van der Waals surface area contributed by atoms with Crippen LogP contribution in [0.25, 0.3) is 6.08 Å². The van der Waals surface area contributed by atoms with Crippen molar-refractivity contribution in [1.82, 2.24) is 5.32 Å². The molecule has 0 saturated heterocycles. The molecule has 2 N–H and O–H groups in total. The number of carbonyl (C=O) groups is 3. The Bertz CT molecular complexity index is 1020. The molecule has 0 radical (unpaired) electrons. The van der Waals surface area contributed by atoms with Crippen molar-refractivity contribution < 1.29 is 23.9 Å². The van der Waals surface area contributed by atoms with E-state index < -0.39 is 17.8 Å². The maximum absolute atomic E-state index is 12.4. The van der Waals surface area contributed by atoms with E-state index in [4.69, 9.17) is 33.3 Å². The molecule has 0 atom stereocenters. The first-order chi connectivity index (χ1) is 14.8. The maximum Gasteiger partial charge on any atom is 0.348 e. The zero-order valence-corrected chi connectivity index (χ0v) is 19.5.